The van der Waals surface area contributed by atoms with Crippen molar-refractivity contribution in [1.29, 1.82) is 0 Å². The number of hydrogen-bond donors (Lipinski definition) is 4. The van der Waals surface area contributed by atoms with Gasteiger partial charge in [0.15, 0.2) is 12.2 Å². The second-order valence-electron chi connectivity index (χ2n) is 8.71. The zero-order chi connectivity index (χ0) is 26.7. The van der Waals surface area contributed by atoms with Gasteiger partial charge in [-0.15, -0.1) is 0 Å². The van der Waals surface area contributed by atoms with Gasteiger partial charge in [0.1, 0.15) is 0 Å². The second-order valence-corrected chi connectivity index (χ2v) is 8.71. The number of rotatable bonds is 10. The SMILES string of the molecule is Cc1cccc(N(Cc2ccccc2)C(CN(C)C)c2ccccc2)c1.O=C(O)C(O)C(O)C(=O)O. The van der Waals surface area contributed by atoms with Crippen LogP contribution in [-0.4, -0.2) is 70.1 Å². The van der Waals surface area contributed by atoms with Crippen molar-refractivity contribution >= 4 is 17.6 Å². The van der Waals surface area contributed by atoms with Crippen LogP contribution in [-0.2, 0) is 16.1 Å². The molecule has 192 valence electrons. The molecule has 0 aromatic heterocycles. The third-order valence-corrected chi connectivity index (χ3v) is 5.43. The second kappa shape index (κ2) is 14.0. The van der Waals surface area contributed by atoms with Crippen LogP contribution in [0.15, 0.2) is 84.9 Å². The molecule has 0 aliphatic rings. The zero-order valence-electron chi connectivity index (χ0n) is 20.7. The Morgan fingerprint density at radius 3 is 1.78 bits per heavy atom. The fraction of sp³-hybridized carbons (Fsp3) is 0.286. The Morgan fingerprint density at radius 2 is 1.31 bits per heavy atom. The van der Waals surface area contributed by atoms with Crippen LogP contribution in [0.3, 0.4) is 0 Å². The molecule has 0 aliphatic heterocycles. The van der Waals surface area contributed by atoms with Gasteiger partial charge in [0.05, 0.1) is 6.04 Å². The lowest BCUT2D eigenvalue weighted by Gasteiger charge is -2.36. The van der Waals surface area contributed by atoms with Gasteiger partial charge in [-0.2, -0.15) is 0 Å². The number of anilines is 1. The van der Waals surface area contributed by atoms with Crippen LogP contribution in [0.1, 0.15) is 22.7 Å². The van der Waals surface area contributed by atoms with Crippen LogP contribution >= 0.6 is 0 Å². The maximum Gasteiger partial charge on any atom is 0.335 e. The summed E-state index contributed by atoms with van der Waals surface area (Å²) in [6, 6.07) is 30.7. The van der Waals surface area contributed by atoms with E-state index in [1.54, 1.807) is 0 Å². The van der Waals surface area contributed by atoms with Gasteiger partial charge in [-0.1, -0.05) is 72.8 Å². The van der Waals surface area contributed by atoms with Crippen LogP contribution in [0.25, 0.3) is 0 Å². The van der Waals surface area contributed by atoms with Crippen molar-refractivity contribution in [3.63, 3.8) is 0 Å². The average Bonchev–Trinajstić information content (AvgIpc) is 2.86. The number of nitrogens with zero attached hydrogens (tertiary/aromatic N) is 2. The summed E-state index contributed by atoms with van der Waals surface area (Å²) in [7, 11) is 4.29. The van der Waals surface area contributed by atoms with E-state index < -0.39 is 24.1 Å². The Balaban J connectivity index is 0.000000388. The van der Waals surface area contributed by atoms with E-state index in [1.165, 1.54) is 22.4 Å². The summed E-state index contributed by atoms with van der Waals surface area (Å²) in [5.41, 5.74) is 5.23. The third kappa shape index (κ3) is 8.81. The summed E-state index contributed by atoms with van der Waals surface area (Å²) in [6.45, 7) is 4.01. The van der Waals surface area contributed by atoms with Crippen molar-refractivity contribution in [3.8, 4) is 0 Å². The molecule has 0 radical (unpaired) electrons. The van der Waals surface area contributed by atoms with E-state index in [1.807, 2.05) is 0 Å². The molecule has 3 rings (SSSR count). The number of aliphatic carboxylic acids is 2. The van der Waals surface area contributed by atoms with Crippen LogP contribution in [0.5, 0.6) is 0 Å². The summed E-state index contributed by atoms with van der Waals surface area (Å²) in [5, 5.41) is 32.5. The molecule has 36 heavy (non-hydrogen) atoms. The molecule has 8 heteroatoms. The average molecular weight is 495 g/mol. The minimum Gasteiger partial charge on any atom is -0.479 e. The van der Waals surface area contributed by atoms with Crippen molar-refractivity contribution in [2.24, 2.45) is 0 Å². The first-order valence-corrected chi connectivity index (χ1v) is 11.5. The highest BCUT2D eigenvalue weighted by atomic mass is 16.4. The molecule has 0 bridgehead atoms. The predicted octanol–water partition coefficient (Wildman–Crippen LogP) is 3.18. The smallest absolute Gasteiger partial charge is 0.335 e. The minimum absolute atomic E-state index is 0.285. The van der Waals surface area contributed by atoms with E-state index in [0.717, 1.165) is 13.1 Å². The molecule has 3 aromatic rings. The Morgan fingerprint density at radius 1 is 0.778 bits per heavy atom. The quantitative estimate of drug-likeness (QED) is 0.339. The van der Waals surface area contributed by atoms with Crippen LogP contribution < -0.4 is 4.90 Å². The first-order valence-electron chi connectivity index (χ1n) is 11.5. The van der Waals surface area contributed by atoms with E-state index in [-0.39, 0.29) is 6.04 Å². The van der Waals surface area contributed by atoms with Gasteiger partial charge >= 0.3 is 11.9 Å². The van der Waals surface area contributed by atoms with Gasteiger partial charge in [-0.3, -0.25) is 0 Å². The lowest BCUT2D eigenvalue weighted by molar-refractivity contribution is -0.165. The Hall–Kier alpha value is -3.72. The number of aryl methyl sites for hydroxylation is 1. The van der Waals surface area contributed by atoms with E-state index in [4.69, 9.17) is 20.4 Å². The molecule has 0 saturated carbocycles. The number of hydrogen-bond acceptors (Lipinski definition) is 6. The number of benzene rings is 3. The highest BCUT2D eigenvalue weighted by Crippen LogP contribution is 2.30. The summed E-state index contributed by atoms with van der Waals surface area (Å²) in [4.78, 5) is 24.3. The summed E-state index contributed by atoms with van der Waals surface area (Å²) < 4.78 is 0. The molecule has 3 unspecified atom stereocenters. The molecule has 0 heterocycles. The molecule has 8 nitrogen and oxygen atoms in total. The zero-order valence-corrected chi connectivity index (χ0v) is 20.7. The van der Waals surface area contributed by atoms with Crippen molar-refractivity contribution < 1.29 is 30.0 Å². The van der Waals surface area contributed by atoms with Crippen LogP contribution in [0.2, 0.25) is 0 Å². The van der Waals surface area contributed by atoms with Gasteiger partial charge in [-0.25, -0.2) is 9.59 Å². The van der Waals surface area contributed by atoms with E-state index >= 15 is 0 Å². The monoisotopic (exact) mass is 494 g/mol. The summed E-state index contributed by atoms with van der Waals surface area (Å²) >= 11 is 0. The minimum atomic E-state index is -2.27. The highest BCUT2D eigenvalue weighted by molar-refractivity contribution is 5.83. The lowest BCUT2D eigenvalue weighted by Crippen LogP contribution is -2.39. The first-order chi connectivity index (χ1) is 17.1. The van der Waals surface area contributed by atoms with Crippen molar-refractivity contribution in [2.45, 2.75) is 31.7 Å². The highest BCUT2D eigenvalue weighted by Gasteiger charge is 2.29. The fourth-order valence-electron chi connectivity index (χ4n) is 3.64. The third-order valence-electron chi connectivity index (χ3n) is 5.43. The first kappa shape index (κ1) is 28.5. The molecule has 4 N–H and O–H groups in total. The number of likely N-dealkylation sites (N-methyl/N-ethyl adjacent to an activating group) is 1. The molecule has 3 atom stereocenters. The number of aliphatic hydroxyl groups is 2. The number of carboxylic acids is 2. The maximum atomic E-state index is 9.77. The maximum absolute atomic E-state index is 9.77. The van der Waals surface area contributed by atoms with Gasteiger partial charge in [-0.05, 0) is 49.8 Å². The topological polar surface area (TPSA) is 122 Å². The van der Waals surface area contributed by atoms with E-state index in [2.05, 4.69) is 116 Å². The van der Waals surface area contributed by atoms with Gasteiger partial charge in [0.2, 0.25) is 0 Å². The lowest BCUT2D eigenvalue weighted by atomic mass is 10.0. The standard InChI is InChI=1S/C24H28N2.C4H6O6/c1-20-11-10-16-23(17-20)26(18-21-12-6-4-7-13-21)24(19-25(2)3)22-14-8-5-9-15-22;5-1(3(7)8)2(6)4(9)10/h4-17,24H,18-19H2,1-3H3;1-2,5-6H,(H,7,8)(H,9,10). The van der Waals surface area contributed by atoms with Crippen LogP contribution in [0.4, 0.5) is 5.69 Å². The van der Waals surface area contributed by atoms with Gasteiger partial charge in [0, 0.05) is 18.8 Å². The molecule has 0 amide bonds. The van der Waals surface area contributed by atoms with Crippen molar-refractivity contribution in [2.75, 3.05) is 25.5 Å². The Labute approximate surface area is 211 Å². The normalized spacial score (nSPS) is 13.2. The molecule has 0 saturated heterocycles. The summed E-state index contributed by atoms with van der Waals surface area (Å²) in [6.07, 6.45) is -4.53. The molecule has 3 aromatic carbocycles. The Kier molecular flexibility index (Phi) is 11.1. The largest absolute Gasteiger partial charge is 0.479 e. The molecule has 0 aliphatic carbocycles. The number of carboxylic acid groups (broad SMARTS) is 2. The molecular formula is C28H34N2O6. The van der Waals surface area contributed by atoms with Gasteiger partial charge < -0.3 is 30.2 Å². The molecule has 0 spiro atoms. The van der Waals surface area contributed by atoms with Crippen molar-refractivity contribution in [3.05, 3.63) is 102 Å². The Bertz CT molecular complexity index is 1070. The van der Waals surface area contributed by atoms with Crippen molar-refractivity contribution in [1.82, 2.24) is 4.90 Å². The summed E-state index contributed by atoms with van der Waals surface area (Å²) in [5.74, 6) is -3.54. The predicted molar refractivity (Wildman–Crippen MR) is 139 cm³/mol. The van der Waals surface area contributed by atoms with Crippen LogP contribution in [0, 0.1) is 6.92 Å². The van der Waals surface area contributed by atoms with Gasteiger partial charge in [0.25, 0.3) is 0 Å². The number of aliphatic hydroxyl groups excluding tert-OH is 2. The fourth-order valence-corrected chi connectivity index (χ4v) is 3.64. The molecular weight excluding hydrogens is 460 g/mol. The van der Waals surface area contributed by atoms with E-state index in [9.17, 15) is 9.59 Å². The van der Waals surface area contributed by atoms with E-state index in [0.29, 0.717) is 0 Å². The number of carbonyl (C=O) groups is 2. The molecule has 0 fully saturated rings.